The zero-order valence-electron chi connectivity index (χ0n) is 58.9. The second kappa shape index (κ2) is 41.9. The molecule has 3 saturated carbocycles. The van der Waals surface area contributed by atoms with Crippen molar-refractivity contribution in [2.24, 2.45) is 15.9 Å². The Kier molecular flexibility index (Phi) is 34.4. The van der Waals surface area contributed by atoms with Crippen LogP contribution in [0.5, 0.6) is 17.2 Å². The summed E-state index contributed by atoms with van der Waals surface area (Å²) in [5, 5.41) is 24.0. The van der Waals surface area contributed by atoms with Crippen molar-refractivity contribution in [3.63, 3.8) is 0 Å². The number of nitrogens with two attached hydrogens (primary N) is 2. The maximum atomic E-state index is 13.0. The molecular weight excluding hydrogens is 1360 g/mol. The van der Waals surface area contributed by atoms with Crippen molar-refractivity contribution < 1.29 is 95.2 Å². The molecule has 0 spiro atoms. The van der Waals surface area contributed by atoms with Crippen LogP contribution in [0.1, 0.15) is 125 Å². The van der Waals surface area contributed by atoms with E-state index >= 15 is 0 Å². The van der Waals surface area contributed by atoms with E-state index in [1.807, 2.05) is 78.9 Å². The number of carbonyl (C=O) groups excluding carboxylic acids is 5. The van der Waals surface area contributed by atoms with Crippen LogP contribution in [0.25, 0.3) is 0 Å². The molecular formula is C78H93N8NaO14S2. The third kappa shape index (κ3) is 24.3. The second-order valence-electron chi connectivity index (χ2n) is 24.9. The largest absolute Gasteiger partial charge is 1.00 e. The molecule has 0 atom stereocenters. The molecule has 0 heterocycles. The van der Waals surface area contributed by atoms with Crippen molar-refractivity contribution in [1.82, 2.24) is 26.0 Å². The maximum absolute atomic E-state index is 13.0. The van der Waals surface area contributed by atoms with Crippen molar-refractivity contribution in [2.45, 2.75) is 121 Å². The van der Waals surface area contributed by atoms with Crippen molar-refractivity contribution in [2.75, 3.05) is 48.1 Å². The Balaban J connectivity index is 0.000000259. The van der Waals surface area contributed by atoms with E-state index in [9.17, 15) is 40.8 Å². The normalized spacial score (nSPS) is 19.4. The SMILES string of the molecule is CO.COc1ccccc1C(=O)NCC1(c2ccccc2)CCC(N)CC1.COc1ccccc1C(=O)NCC1(c2ccccc2)CCC(N=C=O)CC1.COc1ccccc1C(=O)NCC1(c2ccccc2)CCC(NC(=O)NS(=O)(=O)c2ccccc2)CC1.NS(=O)(=O)c1ccccc1.[Na+].[OH-]. The summed E-state index contributed by atoms with van der Waals surface area (Å²) in [6, 6.07) is 67.4. The number of isocyanates is 1. The number of aliphatic imine (C=N–C) groups is 1. The molecule has 11 rings (SSSR count). The first-order valence-electron chi connectivity index (χ1n) is 33.4. The van der Waals surface area contributed by atoms with Crippen LogP contribution in [-0.2, 0) is 41.1 Å². The Hall–Kier alpha value is -9.04. The molecule has 3 aliphatic rings. The average Bonchev–Trinajstić information content (AvgIpc) is 0.803. The molecule has 25 heteroatoms. The van der Waals surface area contributed by atoms with Gasteiger partial charge in [0.1, 0.15) is 17.2 Å². The van der Waals surface area contributed by atoms with Crippen LogP contribution in [0.2, 0.25) is 0 Å². The van der Waals surface area contributed by atoms with Crippen LogP contribution >= 0.6 is 0 Å². The van der Waals surface area contributed by atoms with Gasteiger partial charge in [0.15, 0.2) is 0 Å². The summed E-state index contributed by atoms with van der Waals surface area (Å²) in [6.07, 6.45) is 11.7. The van der Waals surface area contributed by atoms with E-state index < -0.39 is 26.1 Å². The molecule has 8 aromatic rings. The zero-order chi connectivity index (χ0) is 72.7. The van der Waals surface area contributed by atoms with Crippen LogP contribution in [0.3, 0.4) is 0 Å². The van der Waals surface area contributed by atoms with Gasteiger partial charge >= 0.3 is 35.6 Å². The number of rotatable bonds is 20. The molecule has 542 valence electrons. The minimum absolute atomic E-state index is 0. The van der Waals surface area contributed by atoms with Gasteiger partial charge in [0.05, 0.1) is 53.9 Å². The number of nitrogens with zero attached hydrogens (tertiary/aromatic N) is 1. The van der Waals surface area contributed by atoms with Gasteiger partial charge in [-0.05, 0) is 154 Å². The number of methoxy groups -OCH3 is 3. The molecule has 3 fully saturated rings. The van der Waals surface area contributed by atoms with Gasteiger partial charge < -0.3 is 51.8 Å². The van der Waals surface area contributed by atoms with Crippen molar-refractivity contribution in [1.29, 1.82) is 0 Å². The van der Waals surface area contributed by atoms with Crippen LogP contribution in [0.4, 0.5) is 4.79 Å². The smallest absolute Gasteiger partial charge is 0.870 e. The fourth-order valence-corrected chi connectivity index (χ4v) is 14.6. The summed E-state index contributed by atoms with van der Waals surface area (Å²) < 4.78 is 64.2. The second-order valence-corrected chi connectivity index (χ2v) is 28.1. The van der Waals surface area contributed by atoms with E-state index in [-0.39, 0.29) is 96.9 Å². The number of aliphatic hydroxyl groups excluding tert-OH is 1. The van der Waals surface area contributed by atoms with E-state index in [1.165, 1.54) is 42.5 Å². The molecule has 103 heavy (non-hydrogen) atoms. The Morgan fingerprint density at radius 2 is 0.757 bits per heavy atom. The quantitative estimate of drug-likeness (QED) is 0.0206. The topological polar surface area (TPSA) is 356 Å². The van der Waals surface area contributed by atoms with Crippen LogP contribution in [0, 0.1) is 0 Å². The van der Waals surface area contributed by atoms with Gasteiger partial charge in [-0.2, -0.15) is 0 Å². The standard InChI is InChI=1S/C28H31N3O5S.C22H24N2O3.C21H26N2O2.C6H7NO2S.CH4O.Na.H2O/c1-36-25-15-9-8-14-24(25)26(32)29-20-28(21-10-4-2-5-11-21)18-16-22(17-19-28)30-27(33)31-37(34,35)23-12-6-3-7-13-23;1-27-20-10-6-5-9-19(20)21(26)23-15-22(17-7-3-2-4-8-17)13-11-18(12-14-22)24-16-25;1-25-19-10-6-5-9-18(19)20(24)23-15-21(13-11-17(22)12-14-21)16-7-3-2-4-8-16;7-10(8,9)6-4-2-1-3-5-6;1-2;;/h2-15,22H,16-20H2,1H3,(H,29,32)(H2,30,31,33);2-10,18H,11-15H2,1H3,(H,23,26);2-10,17H,11-15,22H2,1H3,(H,23,24);1-5H,(H2,7,8,9);2H,1H3;;1H2/q;;;;;+1;/p-1. The van der Waals surface area contributed by atoms with Crippen molar-refractivity contribution in [3.8, 4) is 17.2 Å². The van der Waals surface area contributed by atoms with E-state index in [4.69, 9.17) is 30.2 Å². The van der Waals surface area contributed by atoms with E-state index in [2.05, 4.69) is 79.5 Å². The first kappa shape index (κ1) is 84.6. The molecule has 0 radical (unpaired) electrons. The first-order chi connectivity index (χ1) is 48.8. The number of hydrogen-bond donors (Lipinski definition) is 8. The van der Waals surface area contributed by atoms with Crippen LogP contribution in [0.15, 0.2) is 239 Å². The monoisotopic (exact) mass is 1450 g/mol. The van der Waals surface area contributed by atoms with Gasteiger partial charge in [0.2, 0.25) is 16.1 Å². The number of para-hydroxylation sites is 3. The molecule has 11 N–H and O–H groups in total. The number of carbonyl (C=O) groups is 4. The van der Waals surface area contributed by atoms with E-state index in [1.54, 1.807) is 93.1 Å². The molecule has 0 aliphatic heterocycles. The summed E-state index contributed by atoms with van der Waals surface area (Å²) >= 11 is 0. The summed E-state index contributed by atoms with van der Waals surface area (Å²) in [5.74, 6) is 1.22. The zero-order valence-corrected chi connectivity index (χ0v) is 62.5. The number of aliphatic hydroxyl groups is 1. The van der Waals surface area contributed by atoms with Gasteiger partial charge in [-0.1, -0.05) is 164 Å². The van der Waals surface area contributed by atoms with Gasteiger partial charge in [-0.15, -0.1) is 0 Å². The van der Waals surface area contributed by atoms with E-state index in [0.717, 1.165) is 64.0 Å². The van der Waals surface area contributed by atoms with Gasteiger partial charge in [0.25, 0.3) is 27.7 Å². The molecule has 5 amide bonds. The number of nitrogens with one attached hydrogen (secondary N) is 5. The molecule has 22 nitrogen and oxygen atoms in total. The Morgan fingerprint density at radius 1 is 0.466 bits per heavy atom. The van der Waals surface area contributed by atoms with Crippen molar-refractivity contribution in [3.05, 3.63) is 258 Å². The summed E-state index contributed by atoms with van der Waals surface area (Å²) in [4.78, 5) is 65.6. The molecule has 0 bridgehead atoms. The first-order valence-corrected chi connectivity index (χ1v) is 36.4. The Bertz CT molecular complexity index is 4200. The van der Waals surface area contributed by atoms with Crippen molar-refractivity contribution >= 4 is 49.9 Å². The van der Waals surface area contributed by atoms with Gasteiger partial charge in [-0.25, -0.2) is 41.3 Å². The average molecular weight is 1450 g/mol. The number of benzene rings is 8. The summed E-state index contributed by atoms with van der Waals surface area (Å²) in [6.45, 7) is 1.57. The number of ether oxygens (including phenoxy) is 3. The minimum Gasteiger partial charge on any atom is -0.870 e. The number of sulfonamides is 2. The molecule has 0 aromatic heterocycles. The Morgan fingerprint density at radius 3 is 1.07 bits per heavy atom. The predicted octanol–water partition coefficient (Wildman–Crippen LogP) is 7.67. The fraction of sp³-hybridized carbons (Fsp3) is 0.321. The number of hydrogen-bond acceptors (Lipinski definition) is 16. The molecule has 0 saturated heterocycles. The van der Waals surface area contributed by atoms with Gasteiger partial charge in [0, 0.05) is 55.1 Å². The fourth-order valence-electron chi connectivity index (χ4n) is 13.1. The maximum Gasteiger partial charge on any atom is 1.00 e. The third-order valence-electron chi connectivity index (χ3n) is 18.7. The molecule has 8 aromatic carbocycles. The minimum atomic E-state index is -3.95. The molecule has 3 aliphatic carbocycles. The van der Waals surface area contributed by atoms with Gasteiger partial charge in [-0.3, -0.25) is 14.4 Å². The number of amides is 5. The number of urea groups is 1. The molecule has 0 unspecified atom stereocenters. The summed E-state index contributed by atoms with van der Waals surface area (Å²) in [7, 11) is -1.77. The van der Waals surface area contributed by atoms with E-state index in [0.29, 0.717) is 79.3 Å². The predicted molar refractivity (Wildman–Crippen MR) is 393 cm³/mol. The van der Waals surface area contributed by atoms with Crippen LogP contribution < -0.4 is 80.6 Å². The summed E-state index contributed by atoms with van der Waals surface area (Å²) in [5.41, 5.74) is 10.8. The van der Waals surface area contributed by atoms with Crippen LogP contribution in [-0.4, -0.2) is 123 Å². The number of primary sulfonamides is 1. The Labute approximate surface area is 626 Å². The third-order valence-corrected chi connectivity index (χ3v) is 21.0.